The van der Waals surface area contributed by atoms with Gasteiger partial charge in [-0.2, -0.15) is 0 Å². The average molecular weight is 298 g/mol. The van der Waals surface area contributed by atoms with Gasteiger partial charge in [0.1, 0.15) is 12.1 Å². The minimum atomic E-state index is 0.663. The van der Waals surface area contributed by atoms with E-state index in [-0.39, 0.29) is 0 Å². The lowest BCUT2D eigenvalue weighted by Gasteiger charge is -2.35. The van der Waals surface area contributed by atoms with Gasteiger partial charge in [-0.25, -0.2) is 9.97 Å². The third kappa shape index (κ3) is 3.41. The zero-order valence-electron chi connectivity index (χ0n) is 10.4. The minimum Gasteiger partial charge on any atom is -0.353 e. The van der Waals surface area contributed by atoms with Crippen LogP contribution in [0.1, 0.15) is 37.8 Å². The molecule has 1 saturated carbocycles. The maximum atomic E-state index is 4.43. The van der Waals surface area contributed by atoms with Crippen LogP contribution in [0, 0.1) is 6.92 Å². The van der Waals surface area contributed by atoms with Gasteiger partial charge in [-0.1, -0.05) is 35.2 Å². The summed E-state index contributed by atoms with van der Waals surface area (Å²) in [5.41, 5.74) is 1.05. The maximum Gasteiger partial charge on any atom is 0.132 e. The van der Waals surface area contributed by atoms with Crippen LogP contribution in [0.25, 0.3) is 0 Å². The van der Waals surface area contributed by atoms with Gasteiger partial charge in [0.05, 0.1) is 0 Å². The fraction of sp³-hybridized carbons (Fsp3) is 0.692. The summed E-state index contributed by atoms with van der Waals surface area (Å²) in [6.07, 6.45) is 8.38. The van der Waals surface area contributed by atoms with Gasteiger partial charge < -0.3 is 4.90 Å². The predicted octanol–water partition coefficient (Wildman–Crippen LogP) is 3.32. The van der Waals surface area contributed by atoms with Crippen LogP contribution in [0.15, 0.2) is 12.4 Å². The summed E-state index contributed by atoms with van der Waals surface area (Å²) < 4.78 is 0. The fourth-order valence-corrected chi connectivity index (χ4v) is 2.95. The lowest BCUT2D eigenvalue weighted by molar-refractivity contribution is 0.417. The second kappa shape index (κ2) is 6.34. The molecule has 3 nitrogen and oxygen atoms in total. The molecule has 0 aliphatic heterocycles. The van der Waals surface area contributed by atoms with E-state index in [9.17, 15) is 0 Å². The largest absolute Gasteiger partial charge is 0.353 e. The Morgan fingerprint density at radius 1 is 1.29 bits per heavy atom. The Balaban J connectivity index is 2.15. The first-order chi connectivity index (χ1) is 8.31. The summed E-state index contributed by atoms with van der Waals surface area (Å²) in [5, 5.41) is 0.993. The van der Waals surface area contributed by atoms with E-state index in [2.05, 4.69) is 36.9 Å². The molecule has 0 N–H and O–H groups in total. The van der Waals surface area contributed by atoms with Crippen molar-refractivity contribution in [2.45, 2.75) is 45.1 Å². The van der Waals surface area contributed by atoms with Crippen LogP contribution < -0.4 is 4.90 Å². The number of anilines is 1. The van der Waals surface area contributed by atoms with Crippen molar-refractivity contribution in [3.05, 3.63) is 18.1 Å². The third-order valence-electron chi connectivity index (χ3n) is 3.42. The average Bonchev–Trinajstić information content (AvgIpc) is 2.37. The second-order valence-electron chi connectivity index (χ2n) is 4.69. The van der Waals surface area contributed by atoms with Gasteiger partial charge in [-0.05, 0) is 19.8 Å². The fourth-order valence-electron chi connectivity index (χ4n) is 2.57. The summed E-state index contributed by atoms with van der Waals surface area (Å²) >= 11 is 3.55. The topological polar surface area (TPSA) is 29.0 Å². The van der Waals surface area contributed by atoms with Crippen LogP contribution >= 0.6 is 15.9 Å². The Morgan fingerprint density at radius 3 is 2.71 bits per heavy atom. The number of aryl methyl sites for hydroxylation is 1. The molecule has 94 valence electrons. The molecule has 2 rings (SSSR count). The normalized spacial score (nSPS) is 17.1. The predicted molar refractivity (Wildman–Crippen MR) is 74.8 cm³/mol. The lowest BCUT2D eigenvalue weighted by Crippen LogP contribution is -2.38. The number of rotatable bonds is 4. The first kappa shape index (κ1) is 12.8. The van der Waals surface area contributed by atoms with Gasteiger partial charge in [-0.15, -0.1) is 0 Å². The molecular weight excluding hydrogens is 278 g/mol. The summed E-state index contributed by atoms with van der Waals surface area (Å²) in [7, 11) is 0. The van der Waals surface area contributed by atoms with Gasteiger partial charge in [-0.3, -0.25) is 0 Å². The van der Waals surface area contributed by atoms with Crippen LogP contribution in [0.4, 0.5) is 5.82 Å². The van der Waals surface area contributed by atoms with Crippen molar-refractivity contribution in [2.24, 2.45) is 0 Å². The molecule has 1 fully saturated rings. The molecule has 1 aliphatic carbocycles. The van der Waals surface area contributed by atoms with Crippen LogP contribution in [0.5, 0.6) is 0 Å². The highest BCUT2D eigenvalue weighted by Gasteiger charge is 2.21. The lowest BCUT2D eigenvalue weighted by atomic mass is 9.94. The van der Waals surface area contributed by atoms with E-state index in [1.165, 1.54) is 32.1 Å². The highest BCUT2D eigenvalue weighted by Crippen LogP contribution is 2.26. The van der Waals surface area contributed by atoms with Crippen molar-refractivity contribution in [1.29, 1.82) is 0 Å². The number of alkyl halides is 1. The molecular formula is C13H20BrN3. The van der Waals surface area contributed by atoms with Crippen molar-refractivity contribution >= 4 is 21.7 Å². The summed E-state index contributed by atoms with van der Waals surface area (Å²) in [6.45, 7) is 3.06. The molecule has 17 heavy (non-hydrogen) atoms. The van der Waals surface area contributed by atoms with Crippen molar-refractivity contribution in [2.75, 3.05) is 16.8 Å². The summed E-state index contributed by atoms with van der Waals surface area (Å²) in [6, 6.07) is 2.76. The smallest absolute Gasteiger partial charge is 0.132 e. The molecule has 0 unspecified atom stereocenters. The maximum absolute atomic E-state index is 4.43. The molecule has 0 atom stereocenters. The van der Waals surface area contributed by atoms with Crippen LogP contribution in [0.2, 0.25) is 0 Å². The molecule has 0 aromatic carbocycles. The molecule has 1 aliphatic rings. The van der Waals surface area contributed by atoms with Crippen LogP contribution in [-0.4, -0.2) is 27.9 Å². The molecule has 0 amide bonds. The highest BCUT2D eigenvalue weighted by atomic mass is 79.9. The molecule has 0 spiro atoms. The van der Waals surface area contributed by atoms with Gasteiger partial charge in [0.15, 0.2) is 0 Å². The summed E-state index contributed by atoms with van der Waals surface area (Å²) in [4.78, 5) is 11.1. The SMILES string of the molecule is Cc1cc(N(CCBr)C2CCCCC2)ncn1. The Labute approximate surface area is 112 Å². The Hall–Kier alpha value is -0.640. The Bertz CT molecular complexity index is 350. The number of halogens is 1. The molecule has 0 radical (unpaired) electrons. The number of aromatic nitrogens is 2. The molecule has 4 heteroatoms. The molecule has 1 aromatic heterocycles. The van der Waals surface area contributed by atoms with Gasteiger partial charge >= 0.3 is 0 Å². The standard InChI is InChI=1S/C13H20BrN3/c1-11-9-13(16-10-15-11)17(8-7-14)12-5-3-2-4-6-12/h9-10,12H,2-8H2,1H3. The zero-order valence-corrected chi connectivity index (χ0v) is 12.0. The Morgan fingerprint density at radius 2 is 2.06 bits per heavy atom. The first-order valence-corrected chi connectivity index (χ1v) is 7.54. The zero-order chi connectivity index (χ0) is 12.1. The molecule has 1 heterocycles. The van der Waals surface area contributed by atoms with Crippen molar-refractivity contribution < 1.29 is 0 Å². The first-order valence-electron chi connectivity index (χ1n) is 6.42. The van der Waals surface area contributed by atoms with E-state index < -0.39 is 0 Å². The van der Waals surface area contributed by atoms with Crippen molar-refractivity contribution in [3.63, 3.8) is 0 Å². The number of nitrogens with zero attached hydrogens (tertiary/aromatic N) is 3. The van der Waals surface area contributed by atoms with Gasteiger partial charge in [0.2, 0.25) is 0 Å². The molecule has 0 bridgehead atoms. The minimum absolute atomic E-state index is 0.663. The van der Waals surface area contributed by atoms with E-state index in [1.54, 1.807) is 6.33 Å². The van der Waals surface area contributed by atoms with E-state index in [0.29, 0.717) is 6.04 Å². The number of hydrogen-bond acceptors (Lipinski definition) is 3. The van der Waals surface area contributed by atoms with Crippen molar-refractivity contribution in [3.8, 4) is 0 Å². The monoisotopic (exact) mass is 297 g/mol. The van der Waals surface area contributed by atoms with E-state index in [0.717, 1.165) is 23.4 Å². The Kier molecular flexibility index (Phi) is 4.77. The van der Waals surface area contributed by atoms with Crippen molar-refractivity contribution in [1.82, 2.24) is 9.97 Å². The van der Waals surface area contributed by atoms with Gasteiger partial charge in [0, 0.05) is 29.7 Å². The number of hydrogen-bond donors (Lipinski definition) is 0. The van der Waals surface area contributed by atoms with Crippen LogP contribution in [-0.2, 0) is 0 Å². The van der Waals surface area contributed by atoms with Crippen LogP contribution in [0.3, 0.4) is 0 Å². The summed E-state index contributed by atoms with van der Waals surface area (Å²) in [5.74, 6) is 1.09. The molecule has 1 aromatic rings. The second-order valence-corrected chi connectivity index (χ2v) is 5.48. The van der Waals surface area contributed by atoms with E-state index in [4.69, 9.17) is 0 Å². The van der Waals surface area contributed by atoms with E-state index in [1.807, 2.05) is 6.92 Å². The third-order valence-corrected chi connectivity index (χ3v) is 3.78. The highest BCUT2D eigenvalue weighted by molar-refractivity contribution is 9.09. The van der Waals surface area contributed by atoms with E-state index >= 15 is 0 Å². The molecule has 0 saturated heterocycles. The van der Waals surface area contributed by atoms with Gasteiger partial charge in [0.25, 0.3) is 0 Å². The quantitative estimate of drug-likeness (QED) is 0.799.